The Labute approximate surface area is 79.9 Å². The lowest BCUT2D eigenvalue weighted by Gasteiger charge is -2.20. The molecule has 76 valence electrons. The summed E-state index contributed by atoms with van der Waals surface area (Å²) in [6.07, 6.45) is 1.05. The SMILES string of the molecule is CCNC(=O)CCC(C)(C)C(C)=O. The van der Waals surface area contributed by atoms with Crippen molar-refractivity contribution >= 4 is 11.7 Å². The zero-order valence-electron chi connectivity index (χ0n) is 8.94. The van der Waals surface area contributed by atoms with E-state index in [1.54, 1.807) is 6.92 Å². The molecule has 0 heterocycles. The number of ketones is 1. The molecule has 0 aromatic heterocycles. The third kappa shape index (κ3) is 4.65. The maximum atomic E-state index is 11.1. The van der Waals surface area contributed by atoms with Crippen molar-refractivity contribution in [2.75, 3.05) is 6.54 Å². The van der Waals surface area contributed by atoms with Crippen LogP contribution in [0.4, 0.5) is 0 Å². The van der Waals surface area contributed by atoms with Crippen LogP contribution in [-0.2, 0) is 9.59 Å². The molecule has 0 bridgehead atoms. The molecule has 13 heavy (non-hydrogen) atoms. The van der Waals surface area contributed by atoms with Crippen LogP contribution in [0.25, 0.3) is 0 Å². The Morgan fingerprint density at radius 1 is 1.31 bits per heavy atom. The zero-order chi connectivity index (χ0) is 10.5. The highest BCUT2D eigenvalue weighted by Crippen LogP contribution is 2.22. The molecule has 0 saturated carbocycles. The summed E-state index contributed by atoms with van der Waals surface area (Å²) in [5.74, 6) is 0.161. The number of nitrogens with one attached hydrogen (secondary N) is 1. The number of Topliss-reactive ketones (excluding diaryl/α,β-unsaturated/α-hetero) is 1. The van der Waals surface area contributed by atoms with Crippen LogP contribution in [0, 0.1) is 5.41 Å². The Kier molecular flexibility index (Phi) is 4.67. The summed E-state index contributed by atoms with van der Waals surface area (Å²) in [7, 11) is 0. The second-order valence-corrected chi connectivity index (χ2v) is 3.89. The van der Waals surface area contributed by atoms with Crippen molar-refractivity contribution in [1.29, 1.82) is 0 Å². The number of hydrogen-bond donors (Lipinski definition) is 1. The fourth-order valence-electron chi connectivity index (χ4n) is 0.888. The van der Waals surface area contributed by atoms with E-state index in [0.29, 0.717) is 19.4 Å². The minimum Gasteiger partial charge on any atom is -0.356 e. The van der Waals surface area contributed by atoms with E-state index >= 15 is 0 Å². The fraction of sp³-hybridized carbons (Fsp3) is 0.800. The second kappa shape index (κ2) is 5.00. The van der Waals surface area contributed by atoms with Gasteiger partial charge in [-0.1, -0.05) is 13.8 Å². The van der Waals surface area contributed by atoms with Gasteiger partial charge in [0.1, 0.15) is 5.78 Å². The van der Waals surface area contributed by atoms with Crippen LogP contribution in [0.5, 0.6) is 0 Å². The Morgan fingerprint density at radius 3 is 2.23 bits per heavy atom. The van der Waals surface area contributed by atoms with Crippen LogP contribution in [0.2, 0.25) is 0 Å². The third-order valence-corrected chi connectivity index (χ3v) is 2.30. The minimum atomic E-state index is -0.370. The Balaban J connectivity index is 3.88. The zero-order valence-corrected chi connectivity index (χ0v) is 8.94. The lowest BCUT2D eigenvalue weighted by atomic mass is 9.84. The molecule has 0 aromatic rings. The van der Waals surface area contributed by atoms with Crippen LogP contribution in [-0.4, -0.2) is 18.2 Å². The van der Waals surface area contributed by atoms with Gasteiger partial charge in [-0.05, 0) is 20.3 Å². The van der Waals surface area contributed by atoms with Crippen molar-refractivity contribution in [3.05, 3.63) is 0 Å². The third-order valence-electron chi connectivity index (χ3n) is 2.30. The van der Waals surface area contributed by atoms with E-state index in [2.05, 4.69) is 5.32 Å². The highest BCUT2D eigenvalue weighted by Gasteiger charge is 2.23. The molecule has 0 aromatic carbocycles. The molecule has 0 spiro atoms. The first-order valence-electron chi connectivity index (χ1n) is 4.68. The summed E-state index contributed by atoms with van der Waals surface area (Å²) < 4.78 is 0. The normalized spacial score (nSPS) is 11.1. The van der Waals surface area contributed by atoms with Gasteiger partial charge in [0, 0.05) is 18.4 Å². The highest BCUT2D eigenvalue weighted by molar-refractivity contribution is 5.82. The van der Waals surface area contributed by atoms with Gasteiger partial charge in [0.05, 0.1) is 0 Å². The molecule has 0 fully saturated rings. The van der Waals surface area contributed by atoms with Gasteiger partial charge in [-0.25, -0.2) is 0 Å². The second-order valence-electron chi connectivity index (χ2n) is 3.89. The minimum absolute atomic E-state index is 0.0248. The number of carbonyl (C=O) groups is 2. The monoisotopic (exact) mass is 185 g/mol. The summed E-state index contributed by atoms with van der Waals surface area (Å²) in [4.78, 5) is 22.2. The largest absolute Gasteiger partial charge is 0.356 e. The molecule has 0 rings (SSSR count). The van der Waals surface area contributed by atoms with E-state index in [-0.39, 0.29) is 17.1 Å². The van der Waals surface area contributed by atoms with Crippen molar-refractivity contribution in [2.45, 2.75) is 40.5 Å². The van der Waals surface area contributed by atoms with Crippen LogP contribution < -0.4 is 5.32 Å². The molecule has 1 N–H and O–H groups in total. The van der Waals surface area contributed by atoms with Gasteiger partial charge in [0.25, 0.3) is 0 Å². The number of rotatable bonds is 5. The molecule has 0 aliphatic carbocycles. The standard InChI is InChI=1S/C10H19NO2/c1-5-11-9(13)6-7-10(3,4)8(2)12/h5-7H2,1-4H3,(H,11,13). The van der Waals surface area contributed by atoms with E-state index in [4.69, 9.17) is 0 Å². The lowest BCUT2D eigenvalue weighted by Crippen LogP contribution is -2.27. The fourth-order valence-corrected chi connectivity index (χ4v) is 0.888. The van der Waals surface area contributed by atoms with Crippen molar-refractivity contribution < 1.29 is 9.59 Å². The number of hydrogen-bond acceptors (Lipinski definition) is 2. The molecule has 3 heteroatoms. The van der Waals surface area contributed by atoms with Crippen LogP contribution in [0.15, 0.2) is 0 Å². The molecular weight excluding hydrogens is 166 g/mol. The topological polar surface area (TPSA) is 46.2 Å². The Morgan fingerprint density at radius 2 is 1.85 bits per heavy atom. The summed E-state index contributed by atoms with van der Waals surface area (Å²) in [5, 5.41) is 2.71. The van der Waals surface area contributed by atoms with Crippen molar-refractivity contribution in [3.63, 3.8) is 0 Å². The van der Waals surface area contributed by atoms with Gasteiger partial charge in [-0.2, -0.15) is 0 Å². The smallest absolute Gasteiger partial charge is 0.220 e. The highest BCUT2D eigenvalue weighted by atomic mass is 16.1. The predicted molar refractivity (Wildman–Crippen MR) is 52.4 cm³/mol. The summed E-state index contributed by atoms with van der Waals surface area (Å²) in [5.41, 5.74) is -0.370. The number of amides is 1. The average molecular weight is 185 g/mol. The van der Waals surface area contributed by atoms with E-state index in [0.717, 1.165) is 0 Å². The predicted octanol–water partition coefficient (Wildman–Crippen LogP) is 1.52. The van der Waals surface area contributed by atoms with Crippen LogP contribution in [0.3, 0.4) is 0 Å². The van der Waals surface area contributed by atoms with Gasteiger partial charge in [-0.15, -0.1) is 0 Å². The van der Waals surface area contributed by atoms with Gasteiger partial charge in [0.2, 0.25) is 5.91 Å². The summed E-state index contributed by atoms with van der Waals surface area (Å²) >= 11 is 0. The Hall–Kier alpha value is -0.860. The molecular formula is C10H19NO2. The van der Waals surface area contributed by atoms with E-state index in [1.165, 1.54) is 0 Å². The van der Waals surface area contributed by atoms with Crippen molar-refractivity contribution in [3.8, 4) is 0 Å². The van der Waals surface area contributed by atoms with E-state index in [9.17, 15) is 9.59 Å². The first kappa shape index (κ1) is 12.1. The van der Waals surface area contributed by atoms with Crippen LogP contribution in [0.1, 0.15) is 40.5 Å². The van der Waals surface area contributed by atoms with Crippen molar-refractivity contribution in [2.24, 2.45) is 5.41 Å². The molecule has 0 unspecified atom stereocenters. The maximum absolute atomic E-state index is 11.1. The quantitative estimate of drug-likeness (QED) is 0.705. The maximum Gasteiger partial charge on any atom is 0.220 e. The van der Waals surface area contributed by atoms with E-state index < -0.39 is 0 Å². The molecule has 0 aliphatic rings. The lowest BCUT2D eigenvalue weighted by molar-refractivity contribution is -0.126. The average Bonchev–Trinajstić information content (AvgIpc) is 2.01. The number of carbonyl (C=O) groups excluding carboxylic acids is 2. The molecule has 0 atom stereocenters. The molecule has 0 radical (unpaired) electrons. The Bertz CT molecular complexity index is 197. The van der Waals surface area contributed by atoms with Gasteiger partial charge < -0.3 is 5.32 Å². The first-order valence-corrected chi connectivity index (χ1v) is 4.68. The van der Waals surface area contributed by atoms with Crippen molar-refractivity contribution in [1.82, 2.24) is 5.32 Å². The summed E-state index contributed by atoms with van der Waals surface area (Å²) in [6.45, 7) is 7.84. The van der Waals surface area contributed by atoms with E-state index in [1.807, 2.05) is 20.8 Å². The van der Waals surface area contributed by atoms with Crippen LogP contribution >= 0.6 is 0 Å². The summed E-state index contributed by atoms with van der Waals surface area (Å²) in [6, 6.07) is 0. The molecule has 0 saturated heterocycles. The van der Waals surface area contributed by atoms with Gasteiger partial charge >= 0.3 is 0 Å². The first-order chi connectivity index (χ1) is 5.90. The van der Waals surface area contributed by atoms with Gasteiger partial charge in [0.15, 0.2) is 0 Å². The molecule has 1 amide bonds. The molecule has 0 aliphatic heterocycles. The van der Waals surface area contributed by atoms with Gasteiger partial charge in [-0.3, -0.25) is 9.59 Å². The molecule has 3 nitrogen and oxygen atoms in total.